The Morgan fingerprint density at radius 2 is 2.03 bits per heavy atom. The summed E-state index contributed by atoms with van der Waals surface area (Å²) in [4.78, 5) is 18.4. The summed E-state index contributed by atoms with van der Waals surface area (Å²) in [5.41, 5.74) is -0.772. The van der Waals surface area contributed by atoms with Gasteiger partial charge in [0.05, 0.1) is 12.2 Å². The highest BCUT2D eigenvalue weighted by atomic mass is 19.4. The molecule has 1 amide bonds. The van der Waals surface area contributed by atoms with Crippen molar-refractivity contribution >= 4 is 17.6 Å². The smallest absolute Gasteiger partial charge is 0.396 e. The lowest BCUT2D eigenvalue weighted by atomic mass is 10.0. The molecule has 0 aliphatic carbocycles. The molecule has 2 aliphatic heterocycles. The van der Waals surface area contributed by atoms with Gasteiger partial charge in [-0.2, -0.15) is 18.2 Å². The molecule has 2 saturated heterocycles. The van der Waals surface area contributed by atoms with Crippen LogP contribution in [0, 0.1) is 5.82 Å². The zero-order valence-electron chi connectivity index (χ0n) is 18.3. The van der Waals surface area contributed by atoms with E-state index in [2.05, 4.69) is 10.3 Å². The summed E-state index contributed by atoms with van der Waals surface area (Å²) in [6.45, 7) is 5.33. The Labute approximate surface area is 188 Å². The maximum atomic E-state index is 14.6. The number of carbonyl (C=O) groups excluding carboxylic acids is 1. The largest absolute Gasteiger partial charge is 0.485 e. The number of hydrogen-bond donors (Lipinski definition) is 1. The van der Waals surface area contributed by atoms with Gasteiger partial charge in [-0.15, -0.1) is 0 Å². The molecule has 2 aliphatic rings. The lowest BCUT2D eigenvalue weighted by Gasteiger charge is -2.16. The minimum atomic E-state index is -4.58. The number of hydrogen-bond acceptors (Lipinski definition) is 6. The quantitative estimate of drug-likeness (QED) is 0.615. The molecule has 33 heavy (non-hydrogen) atoms. The van der Waals surface area contributed by atoms with Crippen molar-refractivity contribution in [3.63, 3.8) is 0 Å². The van der Waals surface area contributed by atoms with E-state index in [9.17, 15) is 22.4 Å². The average Bonchev–Trinajstić information content (AvgIpc) is 3.43. The number of oxazole rings is 1. The Bertz CT molecular complexity index is 1020. The van der Waals surface area contributed by atoms with Gasteiger partial charge in [-0.05, 0) is 38.8 Å². The van der Waals surface area contributed by atoms with E-state index in [1.54, 1.807) is 4.90 Å². The van der Waals surface area contributed by atoms with E-state index in [0.717, 1.165) is 18.9 Å². The zero-order chi connectivity index (χ0) is 23.8. The minimum absolute atomic E-state index is 0.00480. The lowest BCUT2D eigenvalue weighted by Crippen LogP contribution is -2.21. The Morgan fingerprint density at radius 1 is 1.30 bits per heavy atom. The van der Waals surface area contributed by atoms with Gasteiger partial charge in [0.25, 0.3) is 11.9 Å². The number of amides is 1. The van der Waals surface area contributed by atoms with Gasteiger partial charge < -0.3 is 24.1 Å². The van der Waals surface area contributed by atoms with Crippen molar-refractivity contribution in [2.45, 2.75) is 57.4 Å². The van der Waals surface area contributed by atoms with Crippen molar-refractivity contribution in [2.24, 2.45) is 0 Å². The van der Waals surface area contributed by atoms with Gasteiger partial charge in [0.2, 0.25) is 0 Å². The second kappa shape index (κ2) is 8.85. The number of nitrogens with one attached hydrogen (secondary N) is 1. The van der Waals surface area contributed by atoms with Gasteiger partial charge in [-0.1, -0.05) is 0 Å². The standard InChI is InChI=1S/C22H25F4N3O4/c1-21(2)10-14(12-31-21)32-16-6-5-13(9-15(16)23)27-19(30)18-17(11-22(24,25)26)33-20(28-18)29-7-3-4-8-29/h5-6,9,14H,3-4,7-8,10-12H2,1-2H3,(H,27,30). The van der Waals surface area contributed by atoms with E-state index in [1.807, 2.05) is 13.8 Å². The number of benzene rings is 1. The van der Waals surface area contributed by atoms with Crippen LogP contribution in [0.2, 0.25) is 0 Å². The fourth-order valence-electron chi connectivity index (χ4n) is 3.97. The average molecular weight is 471 g/mol. The van der Waals surface area contributed by atoms with Crippen molar-refractivity contribution in [1.82, 2.24) is 4.98 Å². The van der Waals surface area contributed by atoms with E-state index in [1.165, 1.54) is 12.1 Å². The summed E-state index contributed by atoms with van der Waals surface area (Å²) in [5.74, 6) is -2.21. The molecule has 2 aromatic rings. The van der Waals surface area contributed by atoms with E-state index in [4.69, 9.17) is 13.9 Å². The molecule has 0 bridgehead atoms. The number of nitrogens with zero attached hydrogens (tertiary/aromatic N) is 2. The van der Waals surface area contributed by atoms with Gasteiger partial charge in [0.1, 0.15) is 18.3 Å². The highest BCUT2D eigenvalue weighted by Crippen LogP contribution is 2.31. The molecule has 1 unspecified atom stereocenters. The molecule has 1 N–H and O–H groups in total. The van der Waals surface area contributed by atoms with Crippen LogP contribution in [0.25, 0.3) is 0 Å². The molecule has 7 nitrogen and oxygen atoms in total. The summed E-state index contributed by atoms with van der Waals surface area (Å²) in [7, 11) is 0. The monoisotopic (exact) mass is 471 g/mol. The Kier molecular flexibility index (Phi) is 6.26. The molecular weight excluding hydrogens is 446 g/mol. The van der Waals surface area contributed by atoms with Crippen molar-refractivity contribution in [1.29, 1.82) is 0 Å². The number of rotatable bonds is 6. The highest BCUT2D eigenvalue weighted by Gasteiger charge is 2.35. The first-order chi connectivity index (χ1) is 15.5. The van der Waals surface area contributed by atoms with Crippen molar-refractivity contribution < 1.29 is 36.2 Å². The second-order valence-electron chi connectivity index (χ2n) is 8.87. The molecule has 0 radical (unpaired) electrons. The van der Waals surface area contributed by atoms with Crippen molar-refractivity contribution in [2.75, 3.05) is 29.9 Å². The summed E-state index contributed by atoms with van der Waals surface area (Å²) in [6.07, 6.45) is -4.01. The van der Waals surface area contributed by atoms with Crippen LogP contribution in [0.1, 0.15) is 49.4 Å². The molecule has 1 aromatic heterocycles. The van der Waals surface area contributed by atoms with E-state index in [0.29, 0.717) is 26.1 Å². The Hall–Kier alpha value is -2.82. The number of carbonyl (C=O) groups is 1. The molecular formula is C22H25F4N3O4. The molecule has 180 valence electrons. The van der Waals surface area contributed by atoms with Gasteiger partial charge >= 0.3 is 6.18 Å². The van der Waals surface area contributed by atoms with Crippen molar-refractivity contribution in [3.05, 3.63) is 35.5 Å². The highest BCUT2D eigenvalue weighted by molar-refractivity contribution is 6.03. The molecule has 1 aromatic carbocycles. The first-order valence-electron chi connectivity index (χ1n) is 10.7. The first kappa shape index (κ1) is 23.3. The van der Waals surface area contributed by atoms with Gasteiger partial charge in [-0.3, -0.25) is 4.79 Å². The number of anilines is 2. The minimum Gasteiger partial charge on any atom is -0.485 e. The molecule has 0 spiro atoms. The van der Waals surface area contributed by atoms with Crippen LogP contribution in [-0.2, 0) is 11.2 Å². The zero-order valence-corrected chi connectivity index (χ0v) is 18.3. The summed E-state index contributed by atoms with van der Waals surface area (Å²) >= 11 is 0. The molecule has 3 heterocycles. The SMILES string of the molecule is CC1(C)CC(Oc2ccc(NC(=O)c3nc(N4CCCC4)oc3CC(F)(F)F)cc2F)CO1. The number of aromatic nitrogens is 1. The first-order valence-corrected chi connectivity index (χ1v) is 10.7. The van der Waals surface area contributed by atoms with E-state index >= 15 is 0 Å². The van der Waals surface area contributed by atoms with Crippen LogP contribution in [0.5, 0.6) is 5.75 Å². The third kappa shape index (κ3) is 5.76. The van der Waals surface area contributed by atoms with E-state index < -0.39 is 35.8 Å². The summed E-state index contributed by atoms with van der Waals surface area (Å²) in [6, 6.07) is 3.78. The third-order valence-electron chi connectivity index (χ3n) is 5.50. The van der Waals surface area contributed by atoms with E-state index in [-0.39, 0.29) is 29.2 Å². The van der Waals surface area contributed by atoms with Gasteiger partial charge in [0.15, 0.2) is 17.3 Å². The third-order valence-corrected chi connectivity index (χ3v) is 5.50. The van der Waals surface area contributed by atoms with Crippen LogP contribution in [-0.4, -0.2) is 48.5 Å². The van der Waals surface area contributed by atoms with Crippen LogP contribution >= 0.6 is 0 Å². The number of alkyl halides is 3. The van der Waals surface area contributed by atoms with Crippen molar-refractivity contribution in [3.8, 4) is 5.75 Å². The maximum absolute atomic E-state index is 14.6. The predicted molar refractivity (Wildman–Crippen MR) is 111 cm³/mol. The maximum Gasteiger partial charge on any atom is 0.396 e. The van der Waals surface area contributed by atoms with Crippen LogP contribution in [0.15, 0.2) is 22.6 Å². The molecule has 0 saturated carbocycles. The van der Waals surface area contributed by atoms with Crippen LogP contribution in [0.4, 0.5) is 29.3 Å². The number of halogens is 4. The van der Waals surface area contributed by atoms with Gasteiger partial charge in [0, 0.05) is 31.3 Å². The molecule has 1 atom stereocenters. The molecule has 4 rings (SSSR count). The Morgan fingerprint density at radius 3 is 2.64 bits per heavy atom. The van der Waals surface area contributed by atoms with Gasteiger partial charge in [-0.25, -0.2) is 4.39 Å². The fourth-order valence-corrected chi connectivity index (χ4v) is 3.97. The summed E-state index contributed by atoms with van der Waals surface area (Å²) < 4.78 is 70.1. The lowest BCUT2D eigenvalue weighted by molar-refractivity contribution is -0.130. The predicted octanol–water partition coefficient (Wildman–Crippen LogP) is 4.72. The Balaban J connectivity index is 1.48. The van der Waals surface area contributed by atoms with Crippen LogP contribution < -0.4 is 15.0 Å². The summed E-state index contributed by atoms with van der Waals surface area (Å²) in [5, 5.41) is 2.40. The second-order valence-corrected chi connectivity index (χ2v) is 8.87. The van der Waals surface area contributed by atoms with Crippen LogP contribution in [0.3, 0.4) is 0 Å². The topological polar surface area (TPSA) is 76.8 Å². The number of ether oxygens (including phenoxy) is 2. The normalized spacial score (nSPS) is 20.3. The molecule has 11 heteroatoms. The molecule has 2 fully saturated rings. The fraction of sp³-hybridized carbons (Fsp3) is 0.545.